The minimum Gasteiger partial charge on any atom is -0.261 e. The van der Waals surface area contributed by atoms with Crippen LogP contribution in [0.1, 0.15) is 10.1 Å². The highest BCUT2D eigenvalue weighted by Gasteiger charge is 2.39. The second-order valence-electron chi connectivity index (χ2n) is 3.40. The minimum absolute atomic E-state index is 0.0369. The van der Waals surface area contributed by atoms with Crippen LogP contribution in [0.3, 0.4) is 0 Å². The average molecular weight is 294 g/mol. The molecule has 0 N–H and O–H groups in total. The van der Waals surface area contributed by atoms with Gasteiger partial charge in [-0.15, -0.1) is 11.3 Å². The lowest BCUT2D eigenvalue weighted by Crippen LogP contribution is -2.14. The first-order chi connectivity index (χ1) is 8.38. The van der Waals surface area contributed by atoms with Crippen LogP contribution in [0.25, 0.3) is 10.6 Å². The SMILES string of the molecule is Fc1cncc(-c2ncc(C(S)C(F)(F)F)s2)c1. The van der Waals surface area contributed by atoms with E-state index < -0.39 is 17.2 Å². The normalized spacial score (nSPS) is 13.6. The molecule has 0 saturated carbocycles. The summed E-state index contributed by atoms with van der Waals surface area (Å²) in [6, 6.07) is 1.16. The molecule has 2 heterocycles. The third kappa shape index (κ3) is 2.81. The fourth-order valence-electron chi connectivity index (χ4n) is 1.24. The van der Waals surface area contributed by atoms with E-state index in [4.69, 9.17) is 0 Å². The number of thiazole rings is 1. The number of halogens is 4. The van der Waals surface area contributed by atoms with Gasteiger partial charge in [-0.2, -0.15) is 25.8 Å². The van der Waals surface area contributed by atoms with Crippen molar-refractivity contribution in [1.29, 1.82) is 0 Å². The maximum absolute atomic E-state index is 12.9. The molecule has 0 aliphatic carbocycles. The van der Waals surface area contributed by atoms with Crippen LogP contribution in [-0.2, 0) is 0 Å². The molecule has 0 amide bonds. The van der Waals surface area contributed by atoms with E-state index in [-0.39, 0.29) is 9.88 Å². The monoisotopic (exact) mass is 294 g/mol. The van der Waals surface area contributed by atoms with Gasteiger partial charge in [0, 0.05) is 22.8 Å². The molecule has 8 heteroatoms. The van der Waals surface area contributed by atoms with Crippen molar-refractivity contribution in [2.45, 2.75) is 11.4 Å². The quantitative estimate of drug-likeness (QED) is 0.672. The number of alkyl halides is 3. The van der Waals surface area contributed by atoms with E-state index in [1.54, 1.807) is 0 Å². The van der Waals surface area contributed by atoms with Gasteiger partial charge in [0.2, 0.25) is 0 Å². The maximum atomic E-state index is 12.9. The number of hydrogen-bond donors (Lipinski definition) is 1. The molecule has 0 fully saturated rings. The largest absolute Gasteiger partial charge is 0.405 e. The van der Waals surface area contributed by atoms with Crippen molar-refractivity contribution in [2.24, 2.45) is 0 Å². The van der Waals surface area contributed by atoms with Crippen molar-refractivity contribution in [3.8, 4) is 10.6 Å². The Kier molecular flexibility index (Phi) is 3.58. The molecule has 18 heavy (non-hydrogen) atoms. The Bertz CT molecular complexity index is 553. The van der Waals surface area contributed by atoms with Gasteiger partial charge in [0.15, 0.2) is 0 Å². The Hall–Kier alpha value is -1.15. The predicted octanol–water partition coefficient (Wildman–Crippen LogP) is 3.88. The van der Waals surface area contributed by atoms with Crippen LogP contribution < -0.4 is 0 Å². The van der Waals surface area contributed by atoms with Gasteiger partial charge in [0.25, 0.3) is 0 Å². The third-order valence-corrected chi connectivity index (χ3v) is 3.91. The molecule has 0 radical (unpaired) electrons. The molecule has 2 rings (SSSR count). The Labute approximate surface area is 109 Å². The fraction of sp³-hybridized carbons (Fsp3) is 0.200. The van der Waals surface area contributed by atoms with E-state index in [9.17, 15) is 17.6 Å². The number of rotatable bonds is 2. The summed E-state index contributed by atoms with van der Waals surface area (Å²) in [6.45, 7) is 0. The van der Waals surface area contributed by atoms with E-state index in [0.717, 1.165) is 29.8 Å². The number of thiol groups is 1. The first kappa shape index (κ1) is 13.3. The topological polar surface area (TPSA) is 25.8 Å². The van der Waals surface area contributed by atoms with Gasteiger partial charge in [-0.3, -0.25) is 4.98 Å². The highest BCUT2D eigenvalue weighted by molar-refractivity contribution is 7.80. The lowest BCUT2D eigenvalue weighted by Gasteiger charge is -2.11. The van der Waals surface area contributed by atoms with Gasteiger partial charge in [0.05, 0.1) is 6.20 Å². The van der Waals surface area contributed by atoms with Gasteiger partial charge in [-0.25, -0.2) is 9.37 Å². The van der Waals surface area contributed by atoms with Gasteiger partial charge < -0.3 is 0 Å². The maximum Gasteiger partial charge on any atom is 0.405 e. The summed E-state index contributed by atoms with van der Waals surface area (Å²) >= 11 is 4.32. The average Bonchev–Trinajstić information content (AvgIpc) is 2.75. The van der Waals surface area contributed by atoms with Crippen molar-refractivity contribution >= 4 is 24.0 Å². The molecule has 0 aliphatic rings. The molecule has 0 aliphatic heterocycles. The summed E-state index contributed by atoms with van der Waals surface area (Å²) in [6.07, 6.45) is -0.995. The number of hydrogen-bond acceptors (Lipinski definition) is 4. The summed E-state index contributed by atoms with van der Waals surface area (Å²) in [7, 11) is 0. The molecule has 2 aromatic rings. The zero-order valence-electron chi connectivity index (χ0n) is 8.65. The molecular formula is C10H6F4N2S2. The van der Waals surface area contributed by atoms with E-state index in [1.807, 2.05) is 0 Å². The first-order valence-corrected chi connectivity index (χ1v) is 6.02. The van der Waals surface area contributed by atoms with Crippen molar-refractivity contribution < 1.29 is 17.6 Å². The smallest absolute Gasteiger partial charge is 0.261 e. The molecule has 2 nitrogen and oxygen atoms in total. The summed E-state index contributed by atoms with van der Waals surface area (Å²) in [5.74, 6) is -0.567. The van der Waals surface area contributed by atoms with Crippen molar-refractivity contribution in [2.75, 3.05) is 0 Å². The molecule has 0 aromatic carbocycles. The van der Waals surface area contributed by atoms with Crippen molar-refractivity contribution in [3.63, 3.8) is 0 Å². The highest BCUT2D eigenvalue weighted by Crippen LogP contribution is 2.41. The van der Waals surface area contributed by atoms with Crippen LogP contribution >= 0.6 is 24.0 Å². The first-order valence-electron chi connectivity index (χ1n) is 4.69. The second-order valence-corrected chi connectivity index (χ2v) is 4.98. The summed E-state index contributed by atoms with van der Waals surface area (Å²) in [5.41, 5.74) is 0.342. The number of pyridine rings is 1. The molecule has 0 bridgehead atoms. The zero-order valence-corrected chi connectivity index (χ0v) is 10.4. The molecule has 0 spiro atoms. The Balaban J connectivity index is 2.31. The lowest BCUT2D eigenvalue weighted by molar-refractivity contribution is -0.128. The van der Waals surface area contributed by atoms with Crippen LogP contribution in [0, 0.1) is 5.82 Å². The molecule has 96 valence electrons. The van der Waals surface area contributed by atoms with Gasteiger partial charge in [-0.1, -0.05) is 0 Å². The minimum atomic E-state index is -4.44. The number of aromatic nitrogens is 2. The van der Waals surface area contributed by atoms with Gasteiger partial charge in [-0.05, 0) is 6.07 Å². The summed E-state index contributed by atoms with van der Waals surface area (Å²) in [4.78, 5) is 7.40. The van der Waals surface area contributed by atoms with Crippen molar-refractivity contribution in [1.82, 2.24) is 9.97 Å². The fourth-order valence-corrected chi connectivity index (χ4v) is 2.37. The summed E-state index contributed by atoms with van der Waals surface area (Å²) < 4.78 is 50.2. The molecular weight excluding hydrogens is 288 g/mol. The van der Waals surface area contributed by atoms with Crippen LogP contribution in [0.5, 0.6) is 0 Å². The predicted molar refractivity (Wildman–Crippen MR) is 63.1 cm³/mol. The standard InChI is InChI=1S/C10H6F4N2S2/c11-6-1-5(2-15-3-6)9-16-4-7(18-9)8(17)10(12,13)14/h1-4,8,17H. The van der Waals surface area contributed by atoms with Gasteiger partial charge >= 0.3 is 6.18 Å². The van der Waals surface area contributed by atoms with E-state index in [1.165, 1.54) is 6.20 Å². The third-order valence-electron chi connectivity index (χ3n) is 2.05. The molecule has 1 unspecified atom stereocenters. The van der Waals surface area contributed by atoms with Crippen molar-refractivity contribution in [3.05, 3.63) is 35.4 Å². The van der Waals surface area contributed by atoms with E-state index >= 15 is 0 Å². The zero-order chi connectivity index (χ0) is 13.3. The summed E-state index contributed by atoms with van der Waals surface area (Å²) in [5, 5.41) is -1.61. The Morgan fingerprint density at radius 1 is 1.22 bits per heavy atom. The molecule has 2 aromatic heterocycles. The number of nitrogens with zero attached hydrogens (tertiary/aromatic N) is 2. The molecule has 1 atom stereocenters. The van der Waals surface area contributed by atoms with E-state index in [2.05, 4.69) is 22.6 Å². The highest BCUT2D eigenvalue weighted by atomic mass is 32.1. The second kappa shape index (κ2) is 4.85. The Morgan fingerprint density at radius 2 is 1.94 bits per heavy atom. The van der Waals surface area contributed by atoms with Crippen LogP contribution in [0.2, 0.25) is 0 Å². The van der Waals surface area contributed by atoms with Crippen LogP contribution in [-0.4, -0.2) is 16.1 Å². The Morgan fingerprint density at radius 3 is 2.56 bits per heavy atom. The molecule has 0 saturated heterocycles. The lowest BCUT2D eigenvalue weighted by atomic mass is 10.3. The van der Waals surface area contributed by atoms with E-state index in [0.29, 0.717) is 5.56 Å². The van der Waals surface area contributed by atoms with Crippen LogP contribution in [0.15, 0.2) is 24.7 Å². The van der Waals surface area contributed by atoms with Crippen LogP contribution in [0.4, 0.5) is 17.6 Å². The van der Waals surface area contributed by atoms with Gasteiger partial charge in [0.1, 0.15) is 16.1 Å².